The van der Waals surface area contributed by atoms with Crippen molar-refractivity contribution in [2.45, 2.75) is 13.3 Å². The summed E-state index contributed by atoms with van der Waals surface area (Å²) in [5, 5.41) is 3.62. The smallest absolute Gasteiger partial charge is 0.173 e. The molecule has 0 N–H and O–H groups in total. The molecule has 2 aromatic rings. The van der Waals surface area contributed by atoms with Crippen molar-refractivity contribution in [1.82, 2.24) is 0 Å². The quantitative estimate of drug-likeness (QED) is 0.760. The zero-order chi connectivity index (χ0) is 12.4. The molecule has 88 valence electrons. The summed E-state index contributed by atoms with van der Waals surface area (Å²) >= 11 is 1.45. The molecule has 4 heteroatoms. The number of Topliss-reactive ketones (excluding diaryl/α,β-unsaturated/α-hetero) is 1. The van der Waals surface area contributed by atoms with Crippen molar-refractivity contribution in [2.24, 2.45) is 0 Å². The fraction of sp³-hybridized carbons (Fsp3) is 0.154. The Hall–Kier alpha value is -1.55. The van der Waals surface area contributed by atoms with E-state index < -0.39 is 23.0 Å². The van der Waals surface area contributed by atoms with Crippen molar-refractivity contribution >= 4 is 17.1 Å². The Morgan fingerprint density at radius 3 is 2.71 bits per heavy atom. The molecule has 0 radical (unpaired) electrons. The summed E-state index contributed by atoms with van der Waals surface area (Å²) in [4.78, 5) is 11.8. The molecule has 2 rings (SSSR count). The maximum Gasteiger partial charge on any atom is 0.173 e. The largest absolute Gasteiger partial charge is 0.294 e. The van der Waals surface area contributed by atoms with Gasteiger partial charge in [0.1, 0.15) is 11.6 Å². The molecule has 0 bridgehead atoms. The number of aryl methyl sites for hydroxylation is 1. The molecular formula is C13H10F2OS. The minimum Gasteiger partial charge on any atom is -0.294 e. The van der Waals surface area contributed by atoms with E-state index in [1.54, 1.807) is 11.4 Å². The first-order valence-corrected chi connectivity index (χ1v) is 6.02. The summed E-state index contributed by atoms with van der Waals surface area (Å²) in [5.74, 6) is -2.08. The minimum absolute atomic E-state index is 0.0286. The van der Waals surface area contributed by atoms with E-state index in [2.05, 4.69) is 0 Å². The highest BCUT2D eigenvalue weighted by Crippen LogP contribution is 2.19. The molecule has 0 aliphatic heterocycles. The van der Waals surface area contributed by atoms with Crippen LogP contribution < -0.4 is 0 Å². The van der Waals surface area contributed by atoms with Gasteiger partial charge < -0.3 is 0 Å². The minimum atomic E-state index is -0.798. The van der Waals surface area contributed by atoms with Gasteiger partial charge >= 0.3 is 0 Å². The molecule has 0 aliphatic carbocycles. The zero-order valence-corrected chi connectivity index (χ0v) is 9.98. The Morgan fingerprint density at radius 1 is 1.29 bits per heavy atom. The van der Waals surface area contributed by atoms with Crippen LogP contribution in [0.3, 0.4) is 0 Å². The van der Waals surface area contributed by atoms with Crippen LogP contribution >= 0.6 is 11.3 Å². The summed E-state index contributed by atoms with van der Waals surface area (Å²) in [5.41, 5.74) is 0.622. The van der Waals surface area contributed by atoms with E-state index in [9.17, 15) is 13.6 Å². The van der Waals surface area contributed by atoms with Gasteiger partial charge in [0.2, 0.25) is 0 Å². The number of carbonyl (C=O) groups is 1. The number of halogens is 2. The van der Waals surface area contributed by atoms with Crippen molar-refractivity contribution < 1.29 is 13.6 Å². The second kappa shape index (κ2) is 4.75. The highest BCUT2D eigenvalue weighted by Gasteiger charge is 2.19. The van der Waals surface area contributed by atoms with Crippen LogP contribution in [0, 0.1) is 18.6 Å². The SMILES string of the molecule is Cc1ccc(F)c(C(=O)Cc2ccsc2)c1F. The molecule has 0 fully saturated rings. The van der Waals surface area contributed by atoms with Gasteiger partial charge in [-0.1, -0.05) is 6.07 Å². The van der Waals surface area contributed by atoms with Gasteiger partial charge in [0.15, 0.2) is 5.78 Å². The number of benzene rings is 1. The van der Waals surface area contributed by atoms with E-state index in [0.29, 0.717) is 0 Å². The molecular weight excluding hydrogens is 242 g/mol. The number of ketones is 1. The third-order valence-electron chi connectivity index (χ3n) is 2.51. The Balaban J connectivity index is 2.34. The predicted octanol–water partition coefficient (Wildman–Crippen LogP) is 3.76. The van der Waals surface area contributed by atoms with Crippen LogP contribution in [0.1, 0.15) is 21.5 Å². The molecule has 0 saturated carbocycles. The monoisotopic (exact) mass is 252 g/mol. The van der Waals surface area contributed by atoms with Gasteiger partial charge in [-0.05, 0) is 40.9 Å². The van der Waals surface area contributed by atoms with Gasteiger partial charge in [-0.3, -0.25) is 4.79 Å². The van der Waals surface area contributed by atoms with Crippen molar-refractivity contribution in [3.63, 3.8) is 0 Å². The second-order valence-electron chi connectivity index (χ2n) is 3.78. The Morgan fingerprint density at radius 2 is 2.06 bits per heavy atom. The number of hydrogen-bond donors (Lipinski definition) is 0. The highest BCUT2D eigenvalue weighted by molar-refractivity contribution is 7.08. The maximum absolute atomic E-state index is 13.7. The van der Waals surface area contributed by atoms with Crippen LogP contribution in [0.15, 0.2) is 29.0 Å². The van der Waals surface area contributed by atoms with Crippen molar-refractivity contribution in [1.29, 1.82) is 0 Å². The number of carbonyl (C=O) groups excluding carboxylic acids is 1. The number of hydrogen-bond acceptors (Lipinski definition) is 2. The van der Waals surface area contributed by atoms with Crippen LogP contribution in [0.5, 0.6) is 0 Å². The van der Waals surface area contributed by atoms with Gasteiger partial charge in [0, 0.05) is 6.42 Å². The van der Waals surface area contributed by atoms with Gasteiger partial charge in [-0.15, -0.1) is 0 Å². The van der Waals surface area contributed by atoms with Crippen molar-refractivity contribution in [3.8, 4) is 0 Å². The lowest BCUT2D eigenvalue weighted by Gasteiger charge is -2.05. The molecule has 0 unspecified atom stereocenters. The van der Waals surface area contributed by atoms with Crippen LogP contribution in [0.4, 0.5) is 8.78 Å². The maximum atomic E-state index is 13.7. The first-order valence-electron chi connectivity index (χ1n) is 5.08. The van der Waals surface area contributed by atoms with E-state index in [4.69, 9.17) is 0 Å². The van der Waals surface area contributed by atoms with Gasteiger partial charge in [-0.25, -0.2) is 8.78 Å². The summed E-state index contributed by atoms with van der Waals surface area (Å²) in [6.07, 6.45) is 0.0286. The standard InChI is InChI=1S/C13H10F2OS/c1-8-2-3-10(14)12(13(8)15)11(16)6-9-4-5-17-7-9/h2-5,7H,6H2,1H3. The lowest BCUT2D eigenvalue weighted by Crippen LogP contribution is -2.09. The summed E-state index contributed by atoms with van der Waals surface area (Å²) in [6.45, 7) is 1.51. The van der Waals surface area contributed by atoms with E-state index >= 15 is 0 Å². The molecule has 0 spiro atoms. The van der Waals surface area contributed by atoms with E-state index in [0.717, 1.165) is 11.6 Å². The fourth-order valence-corrected chi connectivity index (χ4v) is 2.25. The number of thiophene rings is 1. The molecule has 0 amide bonds. The van der Waals surface area contributed by atoms with Crippen molar-refractivity contribution in [3.05, 3.63) is 57.3 Å². The molecule has 0 saturated heterocycles. The van der Waals surface area contributed by atoms with Crippen LogP contribution in [0.25, 0.3) is 0 Å². The van der Waals surface area contributed by atoms with Crippen LogP contribution in [-0.4, -0.2) is 5.78 Å². The third kappa shape index (κ3) is 2.42. The lowest BCUT2D eigenvalue weighted by molar-refractivity contribution is 0.0985. The average Bonchev–Trinajstić information content (AvgIpc) is 2.77. The van der Waals surface area contributed by atoms with Crippen molar-refractivity contribution in [2.75, 3.05) is 0 Å². The molecule has 1 nitrogen and oxygen atoms in total. The van der Waals surface area contributed by atoms with Gasteiger partial charge in [0.05, 0.1) is 5.56 Å². The first kappa shape index (κ1) is 11.9. The lowest BCUT2D eigenvalue weighted by atomic mass is 10.0. The average molecular weight is 252 g/mol. The zero-order valence-electron chi connectivity index (χ0n) is 9.17. The normalized spacial score (nSPS) is 10.5. The summed E-state index contributed by atoms with van der Waals surface area (Å²) in [7, 11) is 0. The van der Waals surface area contributed by atoms with E-state index in [1.165, 1.54) is 24.3 Å². The first-order chi connectivity index (χ1) is 8.09. The molecule has 0 atom stereocenters. The molecule has 1 aromatic heterocycles. The summed E-state index contributed by atoms with van der Waals surface area (Å²) in [6, 6.07) is 4.22. The fourth-order valence-electron chi connectivity index (χ4n) is 1.58. The van der Waals surface area contributed by atoms with Gasteiger partial charge in [0.25, 0.3) is 0 Å². The molecule has 1 heterocycles. The Labute approximate surface area is 102 Å². The highest BCUT2D eigenvalue weighted by atomic mass is 32.1. The van der Waals surface area contributed by atoms with Crippen LogP contribution in [-0.2, 0) is 6.42 Å². The third-order valence-corrected chi connectivity index (χ3v) is 3.24. The molecule has 0 aliphatic rings. The Kier molecular flexibility index (Phi) is 3.33. The summed E-state index contributed by atoms with van der Waals surface area (Å²) < 4.78 is 27.1. The number of rotatable bonds is 3. The van der Waals surface area contributed by atoms with Gasteiger partial charge in [-0.2, -0.15) is 11.3 Å². The molecule has 17 heavy (non-hydrogen) atoms. The van der Waals surface area contributed by atoms with E-state index in [1.807, 2.05) is 5.38 Å². The predicted molar refractivity (Wildman–Crippen MR) is 63.4 cm³/mol. The van der Waals surface area contributed by atoms with E-state index in [-0.39, 0.29) is 12.0 Å². The van der Waals surface area contributed by atoms with Crippen LogP contribution in [0.2, 0.25) is 0 Å². The Bertz CT molecular complexity index is 547. The topological polar surface area (TPSA) is 17.1 Å². The second-order valence-corrected chi connectivity index (χ2v) is 4.56. The molecule has 1 aromatic carbocycles.